The van der Waals surface area contributed by atoms with E-state index in [2.05, 4.69) is 0 Å². The number of rotatable bonds is 3. The number of nitrogens with two attached hydrogens (primary N) is 1. The molecule has 0 amide bonds. The van der Waals surface area contributed by atoms with Gasteiger partial charge in [-0.1, -0.05) is 12.1 Å². The van der Waals surface area contributed by atoms with Crippen LogP contribution in [0.1, 0.15) is 25.6 Å². The zero-order chi connectivity index (χ0) is 12.4. The molecule has 2 rings (SSSR count). The smallest absolute Gasteiger partial charge is 0.337 e. The molecule has 0 atom stereocenters. The van der Waals surface area contributed by atoms with Gasteiger partial charge in [-0.3, -0.25) is 4.79 Å². The first kappa shape index (κ1) is 11.3. The summed E-state index contributed by atoms with van der Waals surface area (Å²) in [5.74, 6) is -1.39. The number of para-hydroxylation sites is 1. The highest BCUT2D eigenvalue weighted by Gasteiger charge is 2.17. The molecule has 4 nitrogen and oxygen atoms in total. The molecule has 0 saturated carbocycles. The van der Waals surface area contributed by atoms with Crippen molar-refractivity contribution in [3.05, 3.63) is 51.7 Å². The first-order valence-electron chi connectivity index (χ1n) is 4.81. The van der Waals surface area contributed by atoms with Crippen LogP contribution < -0.4 is 5.73 Å². The monoisotopic (exact) mass is 247 g/mol. The van der Waals surface area contributed by atoms with Crippen LogP contribution >= 0.6 is 11.3 Å². The van der Waals surface area contributed by atoms with Gasteiger partial charge in [-0.15, -0.1) is 11.3 Å². The maximum Gasteiger partial charge on any atom is 0.337 e. The average Bonchev–Trinajstić information content (AvgIpc) is 2.81. The second kappa shape index (κ2) is 4.39. The van der Waals surface area contributed by atoms with Gasteiger partial charge in [0.2, 0.25) is 5.78 Å². The molecule has 5 heteroatoms. The minimum Gasteiger partial charge on any atom is -0.478 e. The Morgan fingerprint density at radius 1 is 1.12 bits per heavy atom. The Kier molecular flexibility index (Phi) is 2.93. The normalized spacial score (nSPS) is 10.1. The summed E-state index contributed by atoms with van der Waals surface area (Å²) in [5.41, 5.74) is 5.89. The Balaban J connectivity index is 2.50. The lowest BCUT2D eigenvalue weighted by atomic mass is 10.0. The highest BCUT2D eigenvalue weighted by molar-refractivity contribution is 7.12. The molecular formula is C12H9NO3S. The molecule has 1 aromatic carbocycles. The first-order valence-corrected chi connectivity index (χ1v) is 5.69. The number of aromatic carboxylic acids is 1. The molecule has 0 fully saturated rings. The molecule has 1 aromatic heterocycles. The molecule has 3 N–H and O–H groups in total. The van der Waals surface area contributed by atoms with Crippen LogP contribution in [0.3, 0.4) is 0 Å². The maximum absolute atomic E-state index is 12.0. The number of hydrogen-bond donors (Lipinski definition) is 2. The molecule has 0 unspecified atom stereocenters. The highest BCUT2D eigenvalue weighted by atomic mass is 32.1. The van der Waals surface area contributed by atoms with Gasteiger partial charge in [0.15, 0.2) is 0 Å². The van der Waals surface area contributed by atoms with E-state index in [4.69, 9.17) is 10.8 Å². The van der Waals surface area contributed by atoms with Gasteiger partial charge in [-0.05, 0) is 23.6 Å². The van der Waals surface area contributed by atoms with E-state index in [0.717, 1.165) is 0 Å². The molecule has 17 heavy (non-hydrogen) atoms. The third-order valence-electron chi connectivity index (χ3n) is 2.33. The maximum atomic E-state index is 12.0. The summed E-state index contributed by atoms with van der Waals surface area (Å²) in [6, 6.07) is 7.86. The van der Waals surface area contributed by atoms with E-state index < -0.39 is 5.97 Å². The average molecular weight is 247 g/mol. The number of nitrogen functional groups attached to an aromatic ring is 1. The van der Waals surface area contributed by atoms with E-state index in [9.17, 15) is 9.59 Å². The molecular weight excluding hydrogens is 238 g/mol. The predicted octanol–water partition coefficient (Wildman–Crippen LogP) is 2.26. The quantitative estimate of drug-likeness (QED) is 0.644. The molecule has 0 spiro atoms. The van der Waals surface area contributed by atoms with Gasteiger partial charge in [-0.25, -0.2) is 4.79 Å². The fourth-order valence-electron chi connectivity index (χ4n) is 1.49. The fraction of sp³-hybridized carbons (Fsp3) is 0. The zero-order valence-electron chi connectivity index (χ0n) is 8.71. The summed E-state index contributed by atoms with van der Waals surface area (Å²) in [6.07, 6.45) is 0. The van der Waals surface area contributed by atoms with Crippen LogP contribution in [0.5, 0.6) is 0 Å². The molecule has 0 aliphatic heterocycles. The van der Waals surface area contributed by atoms with Crippen molar-refractivity contribution in [3.8, 4) is 0 Å². The molecule has 0 aliphatic rings. The van der Waals surface area contributed by atoms with Crippen LogP contribution in [-0.2, 0) is 0 Å². The summed E-state index contributed by atoms with van der Waals surface area (Å²) < 4.78 is 0. The Morgan fingerprint density at radius 2 is 1.82 bits per heavy atom. The van der Waals surface area contributed by atoms with Crippen LogP contribution in [-0.4, -0.2) is 16.9 Å². The SMILES string of the molecule is Nc1c(C(=O)O)cccc1C(=O)c1cccs1. The van der Waals surface area contributed by atoms with Crippen molar-refractivity contribution in [1.29, 1.82) is 0 Å². The third kappa shape index (κ3) is 2.05. The second-order valence-corrected chi connectivity index (χ2v) is 4.33. The molecule has 0 bridgehead atoms. The van der Waals surface area contributed by atoms with Gasteiger partial charge in [0, 0.05) is 5.56 Å². The van der Waals surface area contributed by atoms with Crippen molar-refractivity contribution in [2.75, 3.05) is 5.73 Å². The summed E-state index contributed by atoms with van der Waals surface area (Å²) in [4.78, 5) is 23.5. The van der Waals surface area contributed by atoms with E-state index in [1.807, 2.05) is 0 Å². The largest absolute Gasteiger partial charge is 0.478 e. The fourth-order valence-corrected chi connectivity index (χ4v) is 2.17. The number of ketones is 1. The van der Waals surface area contributed by atoms with Gasteiger partial charge in [-0.2, -0.15) is 0 Å². The van der Waals surface area contributed by atoms with Crippen molar-refractivity contribution in [1.82, 2.24) is 0 Å². The molecule has 0 aliphatic carbocycles. The van der Waals surface area contributed by atoms with Crippen LogP contribution in [0.15, 0.2) is 35.7 Å². The standard InChI is InChI=1S/C12H9NO3S/c13-10-7(3-1-4-8(10)12(15)16)11(14)9-5-2-6-17-9/h1-6H,13H2,(H,15,16). The lowest BCUT2D eigenvalue weighted by Gasteiger charge is -2.06. The molecule has 0 saturated heterocycles. The topological polar surface area (TPSA) is 80.4 Å². The van der Waals surface area contributed by atoms with Crippen molar-refractivity contribution in [3.63, 3.8) is 0 Å². The van der Waals surface area contributed by atoms with Crippen molar-refractivity contribution in [2.24, 2.45) is 0 Å². The Bertz CT molecular complexity index is 575. The second-order valence-electron chi connectivity index (χ2n) is 3.38. The van der Waals surface area contributed by atoms with Crippen molar-refractivity contribution < 1.29 is 14.7 Å². The number of thiophene rings is 1. The van der Waals surface area contributed by atoms with Gasteiger partial charge >= 0.3 is 5.97 Å². The summed E-state index contributed by atoms with van der Waals surface area (Å²) in [5, 5.41) is 10.7. The Morgan fingerprint density at radius 3 is 2.41 bits per heavy atom. The van der Waals surface area contributed by atoms with Crippen molar-refractivity contribution in [2.45, 2.75) is 0 Å². The zero-order valence-corrected chi connectivity index (χ0v) is 9.53. The minimum absolute atomic E-state index is 0.0124. The van der Waals surface area contributed by atoms with Crippen LogP contribution in [0.2, 0.25) is 0 Å². The van der Waals surface area contributed by atoms with Crippen LogP contribution in [0.25, 0.3) is 0 Å². The van der Waals surface area contributed by atoms with E-state index in [1.54, 1.807) is 17.5 Å². The lowest BCUT2D eigenvalue weighted by Crippen LogP contribution is -2.09. The summed E-state index contributed by atoms with van der Waals surface area (Å²) in [7, 11) is 0. The summed E-state index contributed by atoms with van der Waals surface area (Å²) in [6.45, 7) is 0. The van der Waals surface area contributed by atoms with Gasteiger partial charge < -0.3 is 10.8 Å². The van der Waals surface area contributed by atoms with Gasteiger partial charge in [0.1, 0.15) is 0 Å². The molecule has 2 aromatic rings. The van der Waals surface area contributed by atoms with E-state index in [1.165, 1.54) is 29.5 Å². The van der Waals surface area contributed by atoms with Crippen LogP contribution in [0, 0.1) is 0 Å². The van der Waals surface area contributed by atoms with Crippen LogP contribution in [0.4, 0.5) is 5.69 Å². The number of hydrogen-bond acceptors (Lipinski definition) is 4. The molecule has 86 valence electrons. The number of carboxylic acid groups (broad SMARTS) is 1. The third-order valence-corrected chi connectivity index (χ3v) is 3.19. The molecule has 1 heterocycles. The predicted molar refractivity (Wildman–Crippen MR) is 65.6 cm³/mol. The number of carboxylic acids is 1. The molecule has 0 radical (unpaired) electrons. The number of carbonyl (C=O) groups excluding carboxylic acids is 1. The van der Waals surface area contributed by atoms with Crippen molar-refractivity contribution >= 4 is 28.8 Å². The minimum atomic E-state index is -1.14. The summed E-state index contributed by atoms with van der Waals surface area (Å²) >= 11 is 1.30. The van der Waals surface area contributed by atoms with E-state index in [0.29, 0.717) is 4.88 Å². The first-order chi connectivity index (χ1) is 8.11. The number of benzene rings is 1. The number of carbonyl (C=O) groups is 2. The Labute approximate surface area is 101 Å². The van der Waals surface area contributed by atoms with Gasteiger partial charge in [0.05, 0.1) is 16.1 Å². The van der Waals surface area contributed by atoms with E-state index in [-0.39, 0.29) is 22.6 Å². The lowest BCUT2D eigenvalue weighted by molar-refractivity contribution is 0.0698. The number of anilines is 1. The van der Waals surface area contributed by atoms with Gasteiger partial charge in [0.25, 0.3) is 0 Å². The Hall–Kier alpha value is -2.14. The van der Waals surface area contributed by atoms with E-state index >= 15 is 0 Å². The highest BCUT2D eigenvalue weighted by Crippen LogP contribution is 2.22.